The second-order valence-corrected chi connectivity index (χ2v) is 7.32. The van der Waals surface area contributed by atoms with Crippen molar-refractivity contribution in [1.82, 2.24) is 9.88 Å². The molecule has 4 rings (SSSR count). The first-order chi connectivity index (χ1) is 15.5. The molecule has 7 heteroatoms. The highest BCUT2D eigenvalue weighted by molar-refractivity contribution is 6.36. The number of aryl methyl sites for hydroxylation is 1. The predicted molar refractivity (Wildman–Crippen MR) is 121 cm³/mol. The van der Waals surface area contributed by atoms with E-state index in [1.807, 2.05) is 37.3 Å². The maximum absolute atomic E-state index is 13.4. The van der Waals surface area contributed by atoms with Crippen molar-refractivity contribution in [3.63, 3.8) is 0 Å². The molecule has 0 fully saturated rings. The van der Waals surface area contributed by atoms with E-state index in [2.05, 4.69) is 10.3 Å². The topological polar surface area (TPSA) is 80.8 Å². The van der Waals surface area contributed by atoms with E-state index >= 15 is 0 Å². The van der Waals surface area contributed by atoms with Crippen molar-refractivity contribution in [1.29, 1.82) is 0 Å². The lowest BCUT2D eigenvalue weighted by molar-refractivity contribution is -0.137. The number of ether oxygens (including phenoxy) is 2. The lowest BCUT2D eigenvalue weighted by atomic mass is 10.0. The number of nitrogens with one attached hydrogen (secondary N) is 1. The van der Waals surface area contributed by atoms with Crippen molar-refractivity contribution in [2.24, 2.45) is 0 Å². The summed E-state index contributed by atoms with van der Waals surface area (Å²) in [6, 6.07) is 18.1. The molecule has 0 saturated heterocycles. The maximum Gasteiger partial charge on any atom is 0.278 e. The third kappa shape index (κ3) is 4.05. The van der Waals surface area contributed by atoms with E-state index in [1.165, 1.54) is 12.0 Å². The second-order valence-electron chi connectivity index (χ2n) is 7.32. The highest BCUT2D eigenvalue weighted by Gasteiger charge is 2.39. The molecule has 0 saturated carbocycles. The first-order valence-corrected chi connectivity index (χ1v) is 10.1. The minimum atomic E-state index is -0.422. The number of aromatic nitrogens is 1. The quantitative estimate of drug-likeness (QED) is 0.576. The van der Waals surface area contributed by atoms with Crippen LogP contribution in [0.3, 0.4) is 0 Å². The van der Waals surface area contributed by atoms with E-state index in [0.29, 0.717) is 34.0 Å². The Morgan fingerprint density at radius 1 is 0.938 bits per heavy atom. The van der Waals surface area contributed by atoms with Crippen molar-refractivity contribution in [2.75, 3.05) is 19.5 Å². The number of methoxy groups -OCH3 is 2. The average molecular weight is 429 g/mol. The number of nitrogens with zero attached hydrogens (tertiary/aromatic N) is 2. The van der Waals surface area contributed by atoms with Crippen LogP contribution < -0.4 is 14.8 Å². The SMILES string of the molecule is COc1ccc(NC2=C(c3ccc(C)cc3)C(=O)N(Cc3ccccn3)C2=O)c(OC)c1. The maximum atomic E-state index is 13.4. The molecule has 7 nitrogen and oxygen atoms in total. The zero-order chi connectivity index (χ0) is 22.7. The molecule has 3 aromatic rings. The van der Waals surface area contributed by atoms with Gasteiger partial charge in [0.25, 0.3) is 11.8 Å². The van der Waals surface area contributed by atoms with Crippen LogP contribution in [-0.2, 0) is 16.1 Å². The molecule has 1 aliphatic rings. The van der Waals surface area contributed by atoms with E-state index in [0.717, 1.165) is 5.56 Å². The Labute approximate surface area is 186 Å². The van der Waals surface area contributed by atoms with Crippen LogP contribution in [0, 0.1) is 6.92 Å². The van der Waals surface area contributed by atoms with Crippen molar-refractivity contribution in [2.45, 2.75) is 13.5 Å². The van der Waals surface area contributed by atoms with E-state index in [9.17, 15) is 9.59 Å². The minimum Gasteiger partial charge on any atom is -0.497 e. The number of hydrogen-bond donors (Lipinski definition) is 1. The first kappa shape index (κ1) is 21.1. The van der Waals surface area contributed by atoms with Gasteiger partial charge in [-0.05, 0) is 36.8 Å². The Morgan fingerprint density at radius 3 is 2.38 bits per heavy atom. The molecule has 1 aliphatic heterocycles. The molecule has 2 aromatic carbocycles. The predicted octanol–water partition coefficient (Wildman–Crippen LogP) is 3.80. The average Bonchev–Trinajstić information content (AvgIpc) is 3.05. The molecule has 1 N–H and O–H groups in total. The van der Waals surface area contributed by atoms with Gasteiger partial charge in [0.2, 0.25) is 0 Å². The normalized spacial score (nSPS) is 13.5. The molecule has 0 radical (unpaired) electrons. The van der Waals surface area contributed by atoms with Gasteiger partial charge in [-0.15, -0.1) is 0 Å². The summed E-state index contributed by atoms with van der Waals surface area (Å²) < 4.78 is 10.7. The fourth-order valence-corrected chi connectivity index (χ4v) is 3.51. The summed E-state index contributed by atoms with van der Waals surface area (Å²) in [5.74, 6) is 0.308. The molecular weight excluding hydrogens is 406 g/mol. The molecule has 2 heterocycles. The van der Waals surface area contributed by atoms with Gasteiger partial charge in [0.15, 0.2) is 0 Å². The molecule has 0 bridgehead atoms. The summed E-state index contributed by atoms with van der Waals surface area (Å²) in [5, 5.41) is 3.14. The lowest BCUT2D eigenvalue weighted by Crippen LogP contribution is -2.32. The second kappa shape index (κ2) is 8.93. The molecule has 0 spiro atoms. The van der Waals surface area contributed by atoms with Crippen LogP contribution >= 0.6 is 0 Å². The Kier molecular flexibility index (Phi) is 5.89. The zero-order valence-electron chi connectivity index (χ0n) is 18.1. The first-order valence-electron chi connectivity index (χ1n) is 10.1. The molecule has 32 heavy (non-hydrogen) atoms. The van der Waals surface area contributed by atoms with E-state index in [1.54, 1.807) is 43.6 Å². The van der Waals surface area contributed by atoms with Gasteiger partial charge in [0, 0.05) is 12.3 Å². The smallest absolute Gasteiger partial charge is 0.278 e. The number of carbonyl (C=O) groups is 2. The van der Waals surface area contributed by atoms with Crippen LogP contribution in [0.2, 0.25) is 0 Å². The van der Waals surface area contributed by atoms with Gasteiger partial charge in [-0.1, -0.05) is 35.9 Å². The Hall–Kier alpha value is -4.13. The van der Waals surface area contributed by atoms with Crippen molar-refractivity contribution in [3.8, 4) is 11.5 Å². The standard InChI is InChI=1S/C25H23N3O4/c1-16-7-9-17(10-8-16)22-23(27-20-12-11-19(31-2)14-21(20)32-3)25(30)28(24(22)29)15-18-6-4-5-13-26-18/h4-14,27H,15H2,1-3H3. The van der Waals surface area contributed by atoms with Crippen LogP contribution in [0.15, 0.2) is 72.6 Å². The van der Waals surface area contributed by atoms with Gasteiger partial charge in [-0.2, -0.15) is 0 Å². The van der Waals surface area contributed by atoms with Gasteiger partial charge in [-0.25, -0.2) is 0 Å². The van der Waals surface area contributed by atoms with Gasteiger partial charge in [0.05, 0.1) is 37.7 Å². The number of benzene rings is 2. The fraction of sp³-hybridized carbons (Fsp3) is 0.160. The number of amides is 2. The number of hydrogen-bond acceptors (Lipinski definition) is 6. The van der Waals surface area contributed by atoms with Crippen molar-refractivity contribution < 1.29 is 19.1 Å². The van der Waals surface area contributed by atoms with E-state index < -0.39 is 5.91 Å². The summed E-state index contributed by atoms with van der Waals surface area (Å²) in [6.07, 6.45) is 1.63. The van der Waals surface area contributed by atoms with E-state index in [-0.39, 0.29) is 18.1 Å². The Bertz CT molecular complexity index is 1190. The fourth-order valence-electron chi connectivity index (χ4n) is 3.51. The highest BCUT2D eigenvalue weighted by Crippen LogP contribution is 2.35. The van der Waals surface area contributed by atoms with Crippen LogP contribution in [0.4, 0.5) is 5.69 Å². The van der Waals surface area contributed by atoms with Crippen LogP contribution in [0.1, 0.15) is 16.8 Å². The number of anilines is 1. The third-order valence-electron chi connectivity index (χ3n) is 5.22. The molecule has 0 aliphatic carbocycles. The van der Waals surface area contributed by atoms with Gasteiger partial charge in [0.1, 0.15) is 17.2 Å². The van der Waals surface area contributed by atoms with Crippen LogP contribution in [-0.4, -0.2) is 35.9 Å². The van der Waals surface area contributed by atoms with E-state index in [4.69, 9.17) is 9.47 Å². The summed E-state index contributed by atoms with van der Waals surface area (Å²) in [6.45, 7) is 2.05. The Balaban J connectivity index is 1.76. The lowest BCUT2D eigenvalue weighted by Gasteiger charge is -2.15. The molecule has 0 atom stereocenters. The Morgan fingerprint density at radius 2 is 1.72 bits per heavy atom. The minimum absolute atomic E-state index is 0.0821. The van der Waals surface area contributed by atoms with Gasteiger partial charge >= 0.3 is 0 Å². The third-order valence-corrected chi connectivity index (χ3v) is 5.22. The zero-order valence-corrected chi connectivity index (χ0v) is 18.1. The number of imide groups is 1. The summed E-state index contributed by atoms with van der Waals surface area (Å²) in [4.78, 5) is 32.2. The van der Waals surface area contributed by atoms with Crippen molar-refractivity contribution >= 4 is 23.1 Å². The summed E-state index contributed by atoms with van der Waals surface area (Å²) >= 11 is 0. The molecule has 0 unspecified atom stereocenters. The summed E-state index contributed by atoms with van der Waals surface area (Å²) in [7, 11) is 3.10. The van der Waals surface area contributed by atoms with Crippen LogP contribution in [0.5, 0.6) is 11.5 Å². The van der Waals surface area contributed by atoms with Crippen molar-refractivity contribution in [3.05, 3.63) is 89.4 Å². The number of pyridine rings is 1. The monoisotopic (exact) mass is 429 g/mol. The van der Waals surface area contributed by atoms with Gasteiger partial charge in [-0.3, -0.25) is 19.5 Å². The summed E-state index contributed by atoms with van der Waals surface area (Å²) in [5.41, 5.74) is 3.40. The van der Waals surface area contributed by atoms with Gasteiger partial charge < -0.3 is 14.8 Å². The van der Waals surface area contributed by atoms with Crippen LogP contribution in [0.25, 0.3) is 5.57 Å². The molecule has 162 valence electrons. The number of rotatable bonds is 7. The molecule has 2 amide bonds. The molecular formula is C25H23N3O4. The highest BCUT2D eigenvalue weighted by atomic mass is 16.5. The molecule has 1 aromatic heterocycles. The largest absolute Gasteiger partial charge is 0.497 e. The number of carbonyl (C=O) groups excluding carboxylic acids is 2.